The Labute approximate surface area is 165 Å². The van der Waals surface area contributed by atoms with Gasteiger partial charge in [-0.25, -0.2) is 13.2 Å². The molecular formula is C17H17ClN2O5S2. The standard InChI is InChI=1S/C17H17ClN2O5S2/c18-14-7-8-16(26-14)27(23,24)19-13-5-3-12(4-6-13)17(22)25-11-15(21)20-9-1-2-10-20/h3-8,19H,1-2,9-11H2. The van der Waals surface area contributed by atoms with Gasteiger partial charge in [-0.15, -0.1) is 11.3 Å². The number of hydrogen-bond acceptors (Lipinski definition) is 6. The molecule has 0 radical (unpaired) electrons. The first-order chi connectivity index (χ1) is 12.8. The monoisotopic (exact) mass is 428 g/mol. The van der Waals surface area contributed by atoms with Crippen LogP contribution in [0.2, 0.25) is 4.34 Å². The van der Waals surface area contributed by atoms with Gasteiger partial charge in [0.2, 0.25) is 0 Å². The van der Waals surface area contributed by atoms with Crippen LogP contribution in [0.5, 0.6) is 0 Å². The van der Waals surface area contributed by atoms with E-state index in [-0.39, 0.29) is 22.3 Å². The van der Waals surface area contributed by atoms with Crippen LogP contribution in [0.25, 0.3) is 0 Å². The number of esters is 1. The number of sulfonamides is 1. The second-order valence-electron chi connectivity index (χ2n) is 5.91. The molecule has 0 bridgehead atoms. The number of likely N-dealkylation sites (tertiary alicyclic amines) is 1. The summed E-state index contributed by atoms with van der Waals surface area (Å²) in [6.07, 6.45) is 1.93. The number of hydrogen-bond donors (Lipinski definition) is 1. The minimum absolute atomic E-state index is 0.0939. The van der Waals surface area contributed by atoms with Crippen molar-refractivity contribution in [1.82, 2.24) is 4.90 Å². The molecule has 144 valence electrons. The van der Waals surface area contributed by atoms with Crippen LogP contribution in [0.15, 0.2) is 40.6 Å². The lowest BCUT2D eigenvalue weighted by molar-refractivity contribution is -0.133. The first kappa shape index (κ1) is 19.7. The fourth-order valence-corrected chi connectivity index (χ4v) is 5.13. The van der Waals surface area contributed by atoms with E-state index in [1.54, 1.807) is 4.90 Å². The number of rotatable bonds is 6. The van der Waals surface area contributed by atoms with Gasteiger partial charge in [-0.05, 0) is 49.2 Å². The normalized spacial score (nSPS) is 14.2. The second-order valence-corrected chi connectivity index (χ2v) is 9.53. The maximum absolute atomic E-state index is 12.2. The second kappa shape index (κ2) is 8.28. The molecule has 1 amide bonds. The summed E-state index contributed by atoms with van der Waals surface area (Å²) >= 11 is 6.71. The fraction of sp³-hybridized carbons (Fsp3) is 0.294. The summed E-state index contributed by atoms with van der Waals surface area (Å²) in [6, 6.07) is 8.68. The van der Waals surface area contributed by atoms with E-state index in [0.717, 1.165) is 24.2 Å². The SMILES string of the molecule is O=C(OCC(=O)N1CCCC1)c1ccc(NS(=O)(=O)c2ccc(Cl)s2)cc1. The summed E-state index contributed by atoms with van der Waals surface area (Å²) in [6.45, 7) is 1.09. The predicted octanol–water partition coefficient (Wildman–Crippen LogP) is 2.98. The Morgan fingerprint density at radius 1 is 1.11 bits per heavy atom. The van der Waals surface area contributed by atoms with Crippen molar-refractivity contribution in [1.29, 1.82) is 0 Å². The van der Waals surface area contributed by atoms with Crippen molar-refractivity contribution in [3.8, 4) is 0 Å². The van der Waals surface area contributed by atoms with Crippen LogP contribution in [-0.4, -0.2) is 44.9 Å². The molecule has 1 aliphatic rings. The zero-order chi connectivity index (χ0) is 19.4. The average molecular weight is 429 g/mol. The van der Waals surface area contributed by atoms with Crippen molar-refractivity contribution in [2.75, 3.05) is 24.4 Å². The maximum Gasteiger partial charge on any atom is 0.338 e. The van der Waals surface area contributed by atoms with Gasteiger partial charge in [-0.2, -0.15) is 0 Å². The van der Waals surface area contributed by atoms with Crippen molar-refractivity contribution in [2.45, 2.75) is 17.1 Å². The predicted molar refractivity (Wildman–Crippen MR) is 103 cm³/mol. The summed E-state index contributed by atoms with van der Waals surface area (Å²) in [5.41, 5.74) is 0.524. The van der Waals surface area contributed by atoms with Crippen molar-refractivity contribution < 1.29 is 22.7 Å². The lowest BCUT2D eigenvalue weighted by Crippen LogP contribution is -2.32. The van der Waals surface area contributed by atoms with Gasteiger partial charge < -0.3 is 9.64 Å². The van der Waals surface area contributed by atoms with Gasteiger partial charge in [0.25, 0.3) is 15.9 Å². The fourth-order valence-electron chi connectivity index (χ4n) is 2.59. The smallest absolute Gasteiger partial charge is 0.338 e. The molecule has 1 aliphatic heterocycles. The number of anilines is 1. The molecule has 0 unspecified atom stereocenters. The van der Waals surface area contributed by atoms with E-state index in [4.69, 9.17) is 16.3 Å². The van der Waals surface area contributed by atoms with Gasteiger partial charge in [0.15, 0.2) is 6.61 Å². The molecule has 7 nitrogen and oxygen atoms in total. The molecule has 2 heterocycles. The number of halogens is 1. The molecule has 1 N–H and O–H groups in total. The Morgan fingerprint density at radius 3 is 2.37 bits per heavy atom. The molecule has 1 fully saturated rings. The number of thiophene rings is 1. The van der Waals surface area contributed by atoms with E-state index in [1.165, 1.54) is 36.4 Å². The Hall–Kier alpha value is -2.10. The molecule has 27 heavy (non-hydrogen) atoms. The third-order valence-electron chi connectivity index (χ3n) is 3.97. The van der Waals surface area contributed by atoms with E-state index in [2.05, 4.69) is 4.72 Å². The van der Waals surface area contributed by atoms with E-state index in [0.29, 0.717) is 23.1 Å². The number of nitrogens with one attached hydrogen (secondary N) is 1. The van der Waals surface area contributed by atoms with E-state index in [1.807, 2.05) is 0 Å². The number of carbonyl (C=O) groups is 2. The summed E-state index contributed by atoms with van der Waals surface area (Å²) in [4.78, 5) is 25.6. The number of amides is 1. The van der Waals surface area contributed by atoms with E-state index in [9.17, 15) is 18.0 Å². The molecule has 1 aromatic heterocycles. The van der Waals surface area contributed by atoms with Gasteiger partial charge >= 0.3 is 5.97 Å². The molecule has 0 spiro atoms. The van der Waals surface area contributed by atoms with Gasteiger partial charge in [0.1, 0.15) is 4.21 Å². The van der Waals surface area contributed by atoms with Crippen LogP contribution in [0.3, 0.4) is 0 Å². The zero-order valence-corrected chi connectivity index (χ0v) is 16.6. The summed E-state index contributed by atoms with van der Waals surface area (Å²) < 4.78 is 32.4. The highest BCUT2D eigenvalue weighted by Crippen LogP contribution is 2.27. The van der Waals surface area contributed by atoms with Gasteiger partial charge in [-0.1, -0.05) is 11.6 Å². The number of carbonyl (C=O) groups excluding carboxylic acids is 2. The van der Waals surface area contributed by atoms with E-state index >= 15 is 0 Å². The number of benzene rings is 1. The van der Waals surface area contributed by atoms with E-state index < -0.39 is 16.0 Å². The maximum atomic E-state index is 12.2. The Balaban J connectivity index is 1.58. The quantitative estimate of drug-likeness (QED) is 0.714. The molecule has 0 atom stereocenters. The molecule has 1 aromatic carbocycles. The van der Waals surface area contributed by atoms with Crippen molar-refractivity contribution in [3.05, 3.63) is 46.3 Å². The summed E-state index contributed by atoms with van der Waals surface area (Å²) in [5, 5.41) is 0. The minimum Gasteiger partial charge on any atom is -0.452 e. The lowest BCUT2D eigenvalue weighted by Gasteiger charge is -2.15. The zero-order valence-electron chi connectivity index (χ0n) is 14.2. The minimum atomic E-state index is -3.74. The topological polar surface area (TPSA) is 92.8 Å². The lowest BCUT2D eigenvalue weighted by atomic mass is 10.2. The molecule has 10 heteroatoms. The molecule has 0 aliphatic carbocycles. The van der Waals surface area contributed by atoms with Crippen molar-refractivity contribution in [3.63, 3.8) is 0 Å². The first-order valence-corrected chi connectivity index (χ1v) is 10.9. The molecule has 1 saturated heterocycles. The van der Waals surface area contributed by atoms with Gasteiger partial charge in [0.05, 0.1) is 9.90 Å². The molecule has 2 aromatic rings. The third kappa shape index (κ3) is 5.00. The highest BCUT2D eigenvalue weighted by atomic mass is 35.5. The Bertz CT molecular complexity index is 934. The number of nitrogens with zero attached hydrogens (tertiary/aromatic N) is 1. The molecular weight excluding hydrogens is 412 g/mol. The third-order valence-corrected chi connectivity index (χ3v) is 7.08. The Kier molecular flexibility index (Phi) is 6.03. The first-order valence-electron chi connectivity index (χ1n) is 8.18. The molecule has 3 rings (SSSR count). The number of ether oxygens (including phenoxy) is 1. The van der Waals surface area contributed by atoms with Gasteiger partial charge in [-0.3, -0.25) is 9.52 Å². The van der Waals surface area contributed by atoms with Crippen LogP contribution in [0.1, 0.15) is 23.2 Å². The van der Waals surface area contributed by atoms with Crippen LogP contribution >= 0.6 is 22.9 Å². The van der Waals surface area contributed by atoms with Crippen LogP contribution in [0.4, 0.5) is 5.69 Å². The van der Waals surface area contributed by atoms with Crippen molar-refractivity contribution in [2.24, 2.45) is 0 Å². The van der Waals surface area contributed by atoms with Crippen LogP contribution in [-0.2, 0) is 19.6 Å². The average Bonchev–Trinajstić information content (AvgIpc) is 3.31. The van der Waals surface area contributed by atoms with Crippen molar-refractivity contribution >= 4 is 50.5 Å². The highest BCUT2D eigenvalue weighted by Gasteiger charge is 2.20. The van der Waals surface area contributed by atoms with Crippen LogP contribution < -0.4 is 4.72 Å². The summed E-state index contributed by atoms with van der Waals surface area (Å²) in [7, 11) is -3.74. The van der Waals surface area contributed by atoms with Crippen LogP contribution in [0, 0.1) is 0 Å². The molecule has 0 saturated carbocycles. The largest absolute Gasteiger partial charge is 0.452 e. The highest BCUT2D eigenvalue weighted by molar-refractivity contribution is 7.94. The summed E-state index contributed by atoms with van der Waals surface area (Å²) in [5.74, 6) is -0.846. The van der Waals surface area contributed by atoms with Gasteiger partial charge in [0, 0.05) is 18.8 Å². The Morgan fingerprint density at radius 2 is 1.78 bits per heavy atom.